The summed E-state index contributed by atoms with van der Waals surface area (Å²) in [6.07, 6.45) is 1.43. The van der Waals surface area contributed by atoms with Crippen molar-refractivity contribution in [3.8, 4) is 0 Å². The Labute approximate surface area is 133 Å². The molecule has 1 aliphatic rings. The fraction of sp³-hybridized carbons (Fsp3) is 0.556. The van der Waals surface area contributed by atoms with Crippen molar-refractivity contribution in [2.24, 2.45) is 5.92 Å². The Morgan fingerprint density at radius 2 is 1.95 bits per heavy atom. The van der Waals surface area contributed by atoms with Gasteiger partial charge in [0.2, 0.25) is 11.8 Å². The molecule has 0 aliphatic carbocycles. The minimum absolute atomic E-state index is 0.0663. The van der Waals surface area contributed by atoms with E-state index in [0.717, 1.165) is 12.0 Å². The molecule has 4 nitrogen and oxygen atoms in total. The first-order valence-corrected chi connectivity index (χ1v) is 8.16. The lowest BCUT2D eigenvalue weighted by atomic mass is 10.0. The summed E-state index contributed by atoms with van der Waals surface area (Å²) in [6, 6.07) is 9.66. The van der Waals surface area contributed by atoms with Gasteiger partial charge < -0.3 is 9.80 Å². The van der Waals surface area contributed by atoms with Crippen LogP contribution in [0.25, 0.3) is 0 Å². The Balaban J connectivity index is 2.15. The minimum atomic E-state index is -0.335. The summed E-state index contributed by atoms with van der Waals surface area (Å²) in [5.74, 6) is 0.304. The maximum absolute atomic E-state index is 13.0. The van der Waals surface area contributed by atoms with Crippen LogP contribution in [0, 0.1) is 5.92 Å². The van der Waals surface area contributed by atoms with E-state index >= 15 is 0 Å². The highest BCUT2D eigenvalue weighted by Crippen LogP contribution is 2.21. The van der Waals surface area contributed by atoms with E-state index in [1.165, 1.54) is 0 Å². The van der Waals surface area contributed by atoms with Gasteiger partial charge in [-0.05, 0) is 24.8 Å². The molecule has 1 heterocycles. The van der Waals surface area contributed by atoms with Crippen molar-refractivity contribution in [1.82, 2.24) is 9.80 Å². The number of hydrogen-bond donors (Lipinski definition) is 0. The van der Waals surface area contributed by atoms with E-state index in [9.17, 15) is 9.59 Å². The summed E-state index contributed by atoms with van der Waals surface area (Å²) in [5.41, 5.74) is 1.12. The summed E-state index contributed by atoms with van der Waals surface area (Å²) in [5, 5.41) is 0. The standard InChI is InChI=1S/C18H26N2O2/c1-4-19(13-15-9-6-5-7-10-15)18(22)17(14(2)3)20-12-8-11-16(20)21/h5-7,9-10,14,17H,4,8,11-13H2,1-3H3/t17-/m0/s1. The molecule has 0 spiro atoms. The second-order valence-electron chi connectivity index (χ2n) is 6.22. The molecule has 0 aromatic heterocycles. The number of likely N-dealkylation sites (tertiary alicyclic amines) is 1. The third kappa shape index (κ3) is 3.67. The summed E-state index contributed by atoms with van der Waals surface area (Å²) in [7, 11) is 0. The largest absolute Gasteiger partial charge is 0.337 e. The molecular weight excluding hydrogens is 276 g/mol. The van der Waals surface area contributed by atoms with Crippen molar-refractivity contribution in [1.29, 1.82) is 0 Å². The van der Waals surface area contributed by atoms with Crippen LogP contribution in [-0.2, 0) is 16.1 Å². The van der Waals surface area contributed by atoms with E-state index in [1.807, 2.05) is 56.0 Å². The number of nitrogens with zero attached hydrogens (tertiary/aromatic N) is 2. The second kappa shape index (κ2) is 7.43. The van der Waals surface area contributed by atoms with Gasteiger partial charge in [-0.25, -0.2) is 0 Å². The number of carbonyl (C=O) groups is 2. The van der Waals surface area contributed by atoms with Gasteiger partial charge in [-0.2, -0.15) is 0 Å². The van der Waals surface area contributed by atoms with Crippen LogP contribution in [0.4, 0.5) is 0 Å². The quantitative estimate of drug-likeness (QED) is 0.810. The minimum Gasteiger partial charge on any atom is -0.337 e. The fourth-order valence-electron chi connectivity index (χ4n) is 3.08. The Hall–Kier alpha value is -1.84. The average molecular weight is 302 g/mol. The smallest absolute Gasteiger partial charge is 0.245 e. The second-order valence-corrected chi connectivity index (χ2v) is 6.22. The molecule has 0 unspecified atom stereocenters. The molecule has 1 fully saturated rings. The lowest BCUT2D eigenvalue weighted by Gasteiger charge is -2.34. The normalized spacial score (nSPS) is 16.2. The Kier molecular flexibility index (Phi) is 5.58. The lowest BCUT2D eigenvalue weighted by Crippen LogP contribution is -2.51. The van der Waals surface area contributed by atoms with E-state index in [1.54, 1.807) is 4.90 Å². The zero-order chi connectivity index (χ0) is 16.1. The highest BCUT2D eigenvalue weighted by Gasteiger charge is 2.36. The molecule has 2 rings (SSSR count). The summed E-state index contributed by atoms with van der Waals surface area (Å²) in [4.78, 5) is 28.7. The molecule has 1 aromatic carbocycles. The van der Waals surface area contributed by atoms with Crippen molar-refractivity contribution in [2.45, 2.75) is 46.2 Å². The predicted octanol–water partition coefficient (Wildman–Crippen LogP) is 2.68. The van der Waals surface area contributed by atoms with Crippen LogP contribution in [-0.4, -0.2) is 40.7 Å². The molecule has 1 atom stereocenters. The molecule has 4 heteroatoms. The van der Waals surface area contributed by atoms with Crippen LogP contribution in [0.1, 0.15) is 39.2 Å². The lowest BCUT2D eigenvalue weighted by molar-refractivity contribution is -0.145. The molecule has 120 valence electrons. The molecule has 0 N–H and O–H groups in total. The van der Waals surface area contributed by atoms with Gasteiger partial charge in [-0.3, -0.25) is 9.59 Å². The third-order valence-corrected chi connectivity index (χ3v) is 4.24. The van der Waals surface area contributed by atoms with Crippen molar-refractivity contribution >= 4 is 11.8 Å². The van der Waals surface area contributed by atoms with E-state index in [0.29, 0.717) is 26.1 Å². The maximum atomic E-state index is 13.0. The van der Waals surface area contributed by atoms with Crippen molar-refractivity contribution in [3.05, 3.63) is 35.9 Å². The summed E-state index contributed by atoms with van der Waals surface area (Å²) in [6.45, 7) is 7.98. The predicted molar refractivity (Wildman–Crippen MR) is 87.1 cm³/mol. The molecule has 1 aliphatic heterocycles. The first kappa shape index (κ1) is 16.5. The SMILES string of the molecule is CCN(Cc1ccccc1)C(=O)[C@H](C(C)C)N1CCCC1=O. The molecule has 2 amide bonds. The fourth-order valence-corrected chi connectivity index (χ4v) is 3.08. The number of carbonyl (C=O) groups excluding carboxylic acids is 2. The van der Waals surface area contributed by atoms with Gasteiger partial charge >= 0.3 is 0 Å². The number of amides is 2. The van der Waals surface area contributed by atoms with Gasteiger partial charge in [-0.15, -0.1) is 0 Å². The first-order chi connectivity index (χ1) is 10.5. The molecule has 0 saturated carbocycles. The zero-order valence-electron chi connectivity index (χ0n) is 13.8. The van der Waals surface area contributed by atoms with Crippen molar-refractivity contribution in [2.75, 3.05) is 13.1 Å². The molecule has 1 aromatic rings. The zero-order valence-corrected chi connectivity index (χ0v) is 13.8. The summed E-state index contributed by atoms with van der Waals surface area (Å²) >= 11 is 0. The summed E-state index contributed by atoms with van der Waals surface area (Å²) < 4.78 is 0. The van der Waals surface area contributed by atoms with Crippen LogP contribution in [0.15, 0.2) is 30.3 Å². The van der Waals surface area contributed by atoms with Crippen molar-refractivity contribution < 1.29 is 9.59 Å². The topological polar surface area (TPSA) is 40.6 Å². The van der Waals surface area contributed by atoms with Crippen LogP contribution < -0.4 is 0 Å². The third-order valence-electron chi connectivity index (χ3n) is 4.24. The molecule has 0 bridgehead atoms. The maximum Gasteiger partial charge on any atom is 0.245 e. The Morgan fingerprint density at radius 1 is 1.27 bits per heavy atom. The molecule has 22 heavy (non-hydrogen) atoms. The van der Waals surface area contributed by atoms with E-state index in [-0.39, 0.29) is 23.8 Å². The van der Waals surface area contributed by atoms with Gasteiger partial charge in [0.1, 0.15) is 6.04 Å². The molecule has 1 saturated heterocycles. The number of benzene rings is 1. The molecule has 0 radical (unpaired) electrons. The Morgan fingerprint density at radius 3 is 2.45 bits per heavy atom. The van der Waals surface area contributed by atoms with Crippen LogP contribution >= 0.6 is 0 Å². The van der Waals surface area contributed by atoms with Gasteiger partial charge in [0.25, 0.3) is 0 Å². The van der Waals surface area contributed by atoms with Crippen LogP contribution in [0.3, 0.4) is 0 Å². The number of likely N-dealkylation sites (N-methyl/N-ethyl adjacent to an activating group) is 1. The van der Waals surface area contributed by atoms with Gasteiger partial charge in [-0.1, -0.05) is 44.2 Å². The highest BCUT2D eigenvalue weighted by atomic mass is 16.2. The Bertz CT molecular complexity index is 513. The van der Waals surface area contributed by atoms with Gasteiger partial charge in [0.15, 0.2) is 0 Å². The van der Waals surface area contributed by atoms with E-state index in [4.69, 9.17) is 0 Å². The number of rotatable bonds is 6. The van der Waals surface area contributed by atoms with E-state index < -0.39 is 0 Å². The van der Waals surface area contributed by atoms with Crippen LogP contribution in [0.2, 0.25) is 0 Å². The van der Waals surface area contributed by atoms with Gasteiger partial charge in [0.05, 0.1) is 0 Å². The van der Waals surface area contributed by atoms with Gasteiger partial charge in [0, 0.05) is 26.1 Å². The highest BCUT2D eigenvalue weighted by molar-refractivity contribution is 5.88. The van der Waals surface area contributed by atoms with Crippen LogP contribution in [0.5, 0.6) is 0 Å². The monoisotopic (exact) mass is 302 g/mol. The average Bonchev–Trinajstić information content (AvgIpc) is 2.91. The van der Waals surface area contributed by atoms with Crippen molar-refractivity contribution in [3.63, 3.8) is 0 Å². The van der Waals surface area contributed by atoms with E-state index in [2.05, 4.69) is 0 Å². The first-order valence-electron chi connectivity index (χ1n) is 8.16. The number of hydrogen-bond acceptors (Lipinski definition) is 2. The molecular formula is C18H26N2O2.